The fourth-order valence-corrected chi connectivity index (χ4v) is 2.07. The van der Waals surface area contributed by atoms with Crippen LogP contribution in [0.1, 0.15) is 31.2 Å². The number of anilines is 1. The quantitative estimate of drug-likeness (QED) is 0.629. The molecule has 0 aliphatic heterocycles. The molecule has 86 valence electrons. The molecule has 0 atom stereocenters. The molecule has 0 saturated heterocycles. The lowest BCUT2D eigenvalue weighted by Gasteiger charge is -2.12. The maximum absolute atomic E-state index is 10.8. The van der Waals surface area contributed by atoms with Crippen LogP contribution in [0.3, 0.4) is 0 Å². The summed E-state index contributed by atoms with van der Waals surface area (Å²) in [7, 11) is 0. The van der Waals surface area contributed by atoms with Crippen molar-refractivity contribution in [2.24, 2.45) is 0 Å². The average Bonchev–Trinajstić information content (AvgIpc) is 2.73. The van der Waals surface area contributed by atoms with Gasteiger partial charge in [-0.15, -0.1) is 0 Å². The predicted octanol–water partition coefficient (Wildman–Crippen LogP) is 2.65. The van der Waals surface area contributed by atoms with Crippen molar-refractivity contribution >= 4 is 11.5 Å². The second-order valence-corrected chi connectivity index (χ2v) is 4.24. The number of hydrogen-bond acceptors (Lipinski definition) is 4. The predicted molar refractivity (Wildman–Crippen MR) is 61.5 cm³/mol. The molecule has 0 spiro atoms. The highest BCUT2D eigenvalue weighted by atomic mass is 16.6. The van der Waals surface area contributed by atoms with Gasteiger partial charge in [-0.2, -0.15) is 0 Å². The van der Waals surface area contributed by atoms with Crippen molar-refractivity contribution in [3.8, 4) is 0 Å². The summed E-state index contributed by atoms with van der Waals surface area (Å²) in [5.41, 5.74) is 0.734. The fraction of sp³-hybridized carbons (Fsp3) is 0.545. The van der Waals surface area contributed by atoms with Crippen LogP contribution in [-0.4, -0.2) is 15.9 Å². The Kier molecular flexibility index (Phi) is 3.03. The van der Waals surface area contributed by atoms with E-state index in [2.05, 4.69) is 10.3 Å². The lowest BCUT2D eigenvalue weighted by molar-refractivity contribution is -0.385. The Morgan fingerprint density at radius 3 is 2.81 bits per heavy atom. The van der Waals surface area contributed by atoms with Crippen molar-refractivity contribution in [1.82, 2.24) is 4.98 Å². The molecule has 0 amide bonds. The molecular formula is C11H15N3O2. The van der Waals surface area contributed by atoms with Crippen molar-refractivity contribution in [3.63, 3.8) is 0 Å². The van der Waals surface area contributed by atoms with Gasteiger partial charge in [0, 0.05) is 17.8 Å². The van der Waals surface area contributed by atoms with Crippen LogP contribution in [0.15, 0.2) is 12.3 Å². The molecule has 0 unspecified atom stereocenters. The molecule has 0 radical (unpaired) electrons. The van der Waals surface area contributed by atoms with Gasteiger partial charge in [0.2, 0.25) is 0 Å². The van der Waals surface area contributed by atoms with E-state index < -0.39 is 0 Å². The van der Waals surface area contributed by atoms with Gasteiger partial charge in [-0.05, 0) is 19.8 Å². The van der Waals surface area contributed by atoms with Crippen LogP contribution in [0.2, 0.25) is 0 Å². The second kappa shape index (κ2) is 4.47. The number of nitrogens with one attached hydrogen (secondary N) is 1. The molecule has 1 N–H and O–H groups in total. The second-order valence-electron chi connectivity index (χ2n) is 4.24. The molecule has 1 saturated carbocycles. The zero-order valence-corrected chi connectivity index (χ0v) is 9.27. The van der Waals surface area contributed by atoms with E-state index in [0.717, 1.165) is 12.8 Å². The smallest absolute Gasteiger partial charge is 0.277 e. The molecule has 5 nitrogen and oxygen atoms in total. The number of nitro groups is 1. The Hall–Kier alpha value is -1.65. The summed E-state index contributed by atoms with van der Waals surface area (Å²) in [4.78, 5) is 14.6. The largest absolute Gasteiger partial charge is 0.367 e. The third kappa shape index (κ3) is 2.29. The van der Waals surface area contributed by atoms with Crippen LogP contribution in [0.25, 0.3) is 0 Å². The first-order chi connectivity index (χ1) is 7.66. The summed E-state index contributed by atoms with van der Waals surface area (Å²) < 4.78 is 0. The summed E-state index contributed by atoms with van der Waals surface area (Å²) in [5.74, 6) is 0.615. The Bertz CT molecular complexity index is 400. The molecular weight excluding hydrogens is 206 g/mol. The first-order valence-corrected chi connectivity index (χ1v) is 5.54. The van der Waals surface area contributed by atoms with Crippen LogP contribution in [0.4, 0.5) is 11.5 Å². The normalized spacial score (nSPS) is 16.3. The standard InChI is InChI=1S/C11H15N3O2/c1-8-7-12-11(6-10(8)14(15)16)13-9-4-2-3-5-9/h6-7,9H,2-5H2,1H3,(H,12,13). The molecule has 0 bridgehead atoms. The Labute approximate surface area is 94.0 Å². The van der Waals surface area contributed by atoms with Gasteiger partial charge >= 0.3 is 0 Å². The first kappa shape index (κ1) is 10.9. The monoisotopic (exact) mass is 221 g/mol. The molecule has 16 heavy (non-hydrogen) atoms. The SMILES string of the molecule is Cc1cnc(NC2CCCC2)cc1[N+](=O)[O-]. The van der Waals surface area contributed by atoms with Gasteiger partial charge in [0.05, 0.1) is 11.0 Å². The van der Waals surface area contributed by atoms with Crippen molar-refractivity contribution in [1.29, 1.82) is 0 Å². The van der Waals surface area contributed by atoms with E-state index in [1.165, 1.54) is 18.9 Å². The number of nitrogens with zero attached hydrogens (tertiary/aromatic N) is 2. The molecule has 1 aliphatic rings. The van der Waals surface area contributed by atoms with Crippen molar-refractivity contribution in [2.75, 3.05) is 5.32 Å². The molecule has 2 rings (SSSR count). The van der Waals surface area contributed by atoms with Crippen LogP contribution >= 0.6 is 0 Å². The van der Waals surface area contributed by atoms with E-state index in [1.807, 2.05) is 0 Å². The Morgan fingerprint density at radius 1 is 1.50 bits per heavy atom. The van der Waals surface area contributed by atoms with Crippen LogP contribution in [-0.2, 0) is 0 Å². The van der Waals surface area contributed by atoms with E-state index >= 15 is 0 Å². The van der Waals surface area contributed by atoms with Gasteiger partial charge in [0.1, 0.15) is 5.82 Å². The topological polar surface area (TPSA) is 68.1 Å². The maximum atomic E-state index is 10.8. The number of hydrogen-bond donors (Lipinski definition) is 1. The molecule has 0 aromatic carbocycles. The summed E-state index contributed by atoms with van der Waals surface area (Å²) in [6.45, 7) is 1.70. The molecule has 1 fully saturated rings. The number of aryl methyl sites for hydroxylation is 1. The number of aromatic nitrogens is 1. The zero-order valence-electron chi connectivity index (χ0n) is 9.27. The zero-order chi connectivity index (χ0) is 11.5. The van der Waals surface area contributed by atoms with Crippen LogP contribution < -0.4 is 5.32 Å². The summed E-state index contributed by atoms with van der Waals surface area (Å²) in [6.07, 6.45) is 6.26. The molecule has 1 aliphatic carbocycles. The Morgan fingerprint density at radius 2 is 2.19 bits per heavy atom. The highest BCUT2D eigenvalue weighted by Crippen LogP contribution is 2.24. The molecule has 1 aromatic rings. The van der Waals surface area contributed by atoms with Gasteiger partial charge < -0.3 is 5.32 Å². The van der Waals surface area contributed by atoms with E-state index in [-0.39, 0.29) is 10.6 Å². The molecule has 1 heterocycles. The third-order valence-corrected chi connectivity index (χ3v) is 2.98. The van der Waals surface area contributed by atoms with Crippen molar-refractivity contribution < 1.29 is 4.92 Å². The van der Waals surface area contributed by atoms with Gasteiger partial charge in [0.25, 0.3) is 5.69 Å². The molecule has 5 heteroatoms. The Balaban J connectivity index is 2.15. The van der Waals surface area contributed by atoms with E-state index in [4.69, 9.17) is 0 Å². The first-order valence-electron chi connectivity index (χ1n) is 5.54. The average molecular weight is 221 g/mol. The van der Waals surface area contributed by atoms with Gasteiger partial charge in [-0.1, -0.05) is 12.8 Å². The van der Waals surface area contributed by atoms with Gasteiger partial charge in [-0.25, -0.2) is 4.98 Å². The minimum Gasteiger partial charge on any atom is -0.367 e. The van der Waals surface area contributed by atoms with Crippen molar-refractivity contribution in [2.45, 2.75) is 38.6 Å². The summed E-state index contributed by atoms with van der Waals surface area (Å²) >= 11 is 0. The lowest BCUT2D eigenvalue weighted by atomic mass is 10.2. The van der Waals surface area contributed by atoms with E-state index in [0.29, 0.717) is 17.4 Å². The minimum absolute atomic E-state index is 0.135. The van der Waals surface area contributed by atoms with Crippen LogP contribution in [0, 0.1) is 17.0 Å². The van der Waals surface area contributed by atoms with E-state index in [1.54, 1.807) is 13.1 Å². The summed E-state index contributed by atoms with van der Waals surface area (Å²) in [6, 6.07) is 1.95. The van der Waals surface area contributed by atoms with Crippen LogP contribution in [0.5, 0.6) is 0 Å². The summed E-state index contributed by atoms with van der Waals surface area (Å²) in [5, 5.41) is 14.0. The highest BCUT2D eigenvalue weighted by molar-refractivity contribution is 5.49. The third-order valence-electron chi connectivity index (χ3n) is 2.98. The number of pyridine rings is 1. The highest BCUT2D eigenvalue weighted by Gasteiger charge is 2.17. The van der Waals surface area contributed by atoms with E-state index in [9.17, 15) is 10.1 Å². The maximum Gasteiger partial charge on any atom is 0.277 e. The fourth-order valence-electron chi connectivity index (χ4n) is 2.07. The molecule has 1 aromatic heterocycles. The van der Waals surface area contributed by atoms with Crippen molar-refractivity contribution in [3.05, 3.63) is 27.9 Å². The number of rotatable bonds is 3. The minimum atomic E-state index is -0.364. The lowest BCUT2D eigenvalue weighted by Crippen LogP contribution is -2.15. The van der Waals surface area contributed by atoms with Gasteiger partial charge in [-0.3, -0.25) is 10.1 Å². The van der Waals surface area contributed by atoms with Gasteiger partial charge in [0.15, 0.2) is 0 Å².